The molecule has 0 aliphatic carbocycles. The lowest BCUT2D eigenvalue weighted by atomic mass is 9.89. The van der Waals surface area contributed by atoms with Crippen LogP contribution in [0.3, 0.4) is 0 Å². The van der Waals surface area contributed by atoms with Crippen molar-refractivity contribution in [2.45, 2.75) is 44.9 Å². The highest BCUT2D eigenvalue weighted by atomic mass is 79.9. The Morgan fingerprint density at radius 3 is 2.56 bits per heavy atom. The second kappa shape index (κ2) is 7.34. The van der Waals surface area contributed by atoms with E-state index in [9.17, 15) is 4.79 Å². The van der Waals surface area contributed by atoms with Crippen molar-refractivity contribution in [1.82, 2.24) is 0 Å². The van der Waals surface area contributed by atoms with Crippen molar-refractivity contribution in [3.63, 3.8) is 0 Å². The molecule has 3 heteroatoms. The summed E-state index contributed by atoms with van der Waals surface area (Å²) in [6, 6.07) is 8.03. The number of benzene rings is 1. The highest BCUT2D eigenvalue weighted by Gasteiger charge is 2.11. The zero-order chi connectivity index (χ0) is 13.6. The molecule has 0 bridgehead atoms. The zero-order valence-electron chi connectivity index (χ0n) is 11.3. The van der Waals surface area contributed by atoms with Crippen LogP contribution in [0.2, 0.25) is 0 Å². The van der Waals surface area contributed by atoms with E-state index in [2.05, 4.69) is 36.7 Å². The van der Waals surface area contributed by atoms with Crippen LogP contribution in [0.1, 0.15) is 40.0 Å². The second-order valence-electron chi connectivity index (χ2n) is 5.67. The quantitative estimate of drug-likeness (QED) is 0.657. The minimum absolute atomic E-state index is 0.329. The molecule has 1 nitrogen and oxygen atoms in total. The lowest BCUT2D eigenvalue weighted by Crippen LogP contribution is -2.07. The molecule has 1 aromatic carbocycles. The van der Waals surface area contributed by atoms with Crippen LogP contribution in [-0.4, -0.2) is 11.5 Å². The van der Waals surface area contributed by atoms with Crippen LogP contribution in [0.15, 0.2) is 33.6 Å². The Labute approximate surface area is 123 Å². The van der Waals surface area contributed by atoms with Gasteiger partial charge in [0.1, 0.15) is 5.78 Å². The summed E-state index contributed by atoms with van der Waals surface area (Å²) in [6.45, 7) is 6.65. The van der Waals surface area contributed by atoms with Crippen molar-refractivity contribution in [1.29, 1.82) is 0 Å². The van der Waals surface area contributed by atoms with Crippen LogP contribution in [-0.2, 0) is 4.79 Å². The number of Topliss-reactive ketones (excluding diaryl/α,β-unsaturated/α-hetero) is 1. The first-order valence-corrected chi connectivity index (χ1v) is 8.05. The molecular weight excluding hydrogens is 308 g/mol. The molecule has 0 amide bonds. The summed E-state index contributed by atoms with van der Waals surface area (Å²) in [5, 5.41) is 0. The van der Waals surface area contributed by atoms with Crippen LogP contribution < -0.4 is 0 Å². The number of rotatable bonds is 6. The van der Waals surface area contributed by atoms with Crippen LogP contribution in [0.5, 0.6) is 0 Å². The van der Waals surface area contributed by atoms with Gasteiger partial charge in [0.05, 0.1) is 5.75 Å². The molecule has 0 atom stereocenters. The Bertz CT molecular complexity index is 396. The maximum absolute atomic E-state index is 11.8. The minimum Gasteiger partial charge on any atom is -0.299 e. The van der Waals surface area contributed by atoms with Gasteiger partial charge in [0.25, 0.3) is 0 Å². The second-order valence-corrected chi connectivity index (χ2v) is 7.54. The molecular formula is C15H21BrOS. The van der Waals surface area contributed by atoms with Gasteiger partial charge in [-0.15, -0.1) is 11.8 Å². The van der Waals surface area contributed by atoms with E-state index < -0.39 is 0 Å². The number of hydrogen-bond donors (Lipinski definition) is 0. The smallest absolute Gasteiger partial charge is 0.143 e. The van der Waals surface area contributed by atoms with E-state index in [4.69, 9.17) is 0 Å². The summed E-state index contributed by atoms with van der Waals surface area (Å²) < 4.78 is 1.07. The van der Waals surface area contributed by atoms with Gasteiger partial charge < -0.3 is 0 Å². The van der Waals surface area contributed by atoms with Crippen LogP contribution in [0.4, 0.5) is 0 Å². The summed E-state index contributed by atoms with van der Waals surface area (Å²) in [7, 11) is 0. The van der Waals surface area contributed by atoms with E-state index in [1.165, 1.54) is 0 Å². The van der Waals surface area contributed by atoms with Crippen molar-refractivity contribution in [2.24, 2.45) is 5.41 Å². The first-order chi connectivity index (χ1) is 8.38. The topological polar surface area (TPSA) is 17.1 Å². The molecule has 0 spiro atoms. The molecule has 0 unspecified atom stereocenters. The van der Waals surface area contributed by atoms with Crippen molar-refractivity contribution in [3.05, 3.63) is 28.7 Å². The minimum atomic E-state index is 0.329. The fourth-order valence-electron chi connectivity index (χ4n) is 1.61. The molecule has 18 heavy (non-hydrogen) atoms. The Kier molecular flexibility index (Phi) is 6.44. The largest absolute Gasteiger partial charge is 0.299 e. The number of hydrogen-bond acceptors (Lipinski definition) is 2. The molecule has 0 N–H and O–H groups in total. The molecule has 1 rings (SSSR count). The van der Waals surface area contributed by atoms with E-state index >= 15 is 0 Å². The highest BCUT2D eigenvalue weighted by Crippen LogP contribution is 2.27. The fourth-order valence-corrected chi connectivity index (χ4v) is 3.08. The van der Waals surface area contributed by atoms with Gasteiger partial charge in [0.15, 0.2) is 0 Å². The van der Waals surface area contributed by atoms with Crippen LogP contribution >= 0.6 is 27.7 Å². The highest BCUT2D eigenvalue weighted by molar-refractivity contribution is 9.10. The average Bonchev–Trinajstić information content (AvgIpc) is 2.26. The normalized spacial score (nSPS) is 11.6. The molecule has 1 aromatic rings. The zero-order valence-corrected chi connectivity index (χ0v) is 13.7. The van der Waals surface area contributed by atoms with Crippen molar-refractivity contribution in [2.75, 3.05) is 5.75 Å². The number of thioether (sulfide) groups is 1. The third-order valence-electron chi connectivity index (χ3n) is 2.61. The van der Waals surface area contributed by atoms with Crippen molar-refractivity contribution < 1.29 is 4.79 Å². The SMILES string of the molecule is CC(C)(C)CCCC(=O)CSc1ccccc1Br. The number of carbonyl (C=O) groups is 1. The van der Waals surface area contributed by atoms with Crippen molar-refractivity contribution in [3.8, 4) is 0 Å². The van der Waals surface area contributed by atoms with Crippen LogP contribution in [0.25, 0.3) is 0 Å². The van der Waals surface area contributed by atoms with Gasteiger partial charge in [-0.25, -0.2) is 0 Å². The predicted octanol–water partition coefficient (Wildman–Crippen LogP) is 5.33. The maximum Gasteiger partial charge on any atom is 0.143 e. The Hall–Kier alpha value is -0.280. The standard InChI is InChI=1S/C15H21BrOS/c1-15(2,3)10-6-7-12(17)11-18-14-9-5-4-8-13(14)16/h4-5,8-9H,6-7,10-11H2,1-3H3. The van der Waals surface area contributed by atoms with Crippen molar-refractivity contribution >= 4 is 33.5 Å². The lowest BCUT2D eigenvalue weighted by Gasteiger charge is -2.17. The summed E-state index contributed by atoms with van der Waals surface area (Å²) in [5.41, 5.74) is 0.329. The third kappa shape index (κ3) is 6.60. The molecule has 100 valence electrons. The molecule has 0 saturated heterocycles. The summed E-state index contributed by atoms with van der Waals surface area (Å²) >= 11 is 5.11. The number of ketones is 1. The number of carbonyl (C=O) groups excluding carboxylic acids is 1. The maximum atomic E-state index is 11.8. The first-order valence-electron chi connectivity index (χ1n) is 6.27. The molecule has 0 aliphatic rings. The molecule has 0 fully saturated rings. The Morgan fingerprint density at radius 1 is 1.28 bits per heavy atom. The number of halogens is 1. The van der Waals surface area contributed by atoms with E-state index in [0.29, 0.717) is 23.4 Å². The average molecular weight is 329 g/mol. The Balaban J connectivity index is 2.28. The van der Waals surface area contributed by atoms with Gasteiger partial charge in [-0.05, 0) is 46.3 Å². The van der Waals surface area contributed by atoms with E-state index in [1.54, 1.807) is 11.8 Å². The lowest BCUT2D eigenvalue weighted by molar-refractivity contribution is -0.116. The van der Waals surface area contributed by atoms with E-state index in [0.717, 1.165) is 22.2 Å². The Morgan fingerprint density at radius 2 is 1.94 bits per heavy atom. The molecule has 0 radical (unpaired) electrons. The van der Waals surface area contributed by atoms with Gasteiger partial charge in [-0.1, -0.05) is 32.9 Å². The summed E-state index contributed by atoms with van der Waals surface area (Å²) in [4.78, 5) is 12.9. The first kappa shape index (κ1) is 15.8. The van der Waals surface area contributed by atoms with Gasteiger partial charge in [0.2, 0.25) is 0 Å². The third-order valence-corrected chi connectivity index (χ3v) is 4.69. The molecule has 0 saturated carbocycles. The molecule has 0 aromatic heterocycles. The molecule has 0 aliphatic heterocycles. The molecule has 0 heterocycles. The fraction of sp³-hybridized carbons (Fsp3) is 0.533. The monoisotopic (exact) mass is 328 g/mol. The van der Waals surface area contributed by atoms with Gasteiger partial charge in [-0.2, -0.15) is 0 Å². The van der Waals surface area contributed by atoms with Gasteiger partial charge in [0, 0.05) is 15.8 Å². The predicted molar refractivity (Wildman–Crippen MR) is 83.2 cm³/mol. The van der Waals surface area contributed by atoms with Gasteiger partial charge >= 0.3 is 0 Å². The summed E-state index contributed by atoms with van der Waals surface area (Å²) in [6.07, 6.45) is 2.81. The van der Waals surface area contributed by atoms with E-state index in [-0.39, 0.29) is 0 Å². The summed E-state index contributed by atoms with van der Waals surface area (Å²) in [5.74, 6) is 0.923. The van der Waals surface area contributed by atoms with Gasteiger partial charge in [-0.3, -0.25) is 4.79 Å². The van der Waals surface area contributed by atoms with Crippen LogP contribution in [0, 0.1) is 5.41 Å². The van der Waals surface area contributed by atoms with E-state index in [1.807, 2.05) is 24.3 Å².